The molecule has 160 valence electrons. The second kappa shape index (κ2) is 8.86. The Morgan fingerprint density at radius 1 is 0.724 bits per heavy atom. The lowest BCUT2D eigenvalue weighted by atomic mass is 9.77. The van der Waals surface area contributed by atoms with E-state index in [1.54, 1.807) is 13.8 Å². The smallest absolute Gasteiger partial charge is 0.119 e. The normalized spacial score (nSPS) is 14.0. The molecule has 0 saturated heterocycles. The Morgan fingerprint density at radius 2 is 1.17 bits per heavy atom. The first-order valence-electron chi connectivity index (χ1n) is 10.2. The van der Waals surface area contributed by atoms with Crippen molar-refractivity contribution in [3.63, 3.8) is 0 Å². The van der Waals surface area contributed by atoms with Gasteiger partial charge in [-0.1, -0.05) is 50.2 Å². The Kier molecular flexibility index (Phi) is 7.15. The van der Waals surface area contributed by atoms with Gasteiger partial charge in [0.25, 0.3) is 0 Å². The van der Waals surface area contributed by atoms with E-state index in [4.69, 9.17) is 9.47 Å². The largest absolute Gasteiger partial charge is 0.491 e. The molecule has 1 atom stereocenters. The van der Waals surface area contributed by atoms with Gasteiger partial charge in [0.15, 0.2) is 0 Å². The highest BCUT2D eigenvalue weighted by atomic mass is 16.5. The van der Waals surface area contributed by atoms with Crippen molar-refractivity contribution in [3.05, 3.63) is 65.2 Å². The van der Waals surface area contributed by atoms with Crippen LogP contribution in [0.1, 0.15) is 65.2 Å². The molecular formula is C25H36O4. The SMILES string of the molecule is CC(C)(C)OCC(O)COc1ccc(C(C)(C)c2ccc(C(C)(C)O)cc2)cc1. The third-order valence-electron chi connectivity index (χ3n) is 5.04. The van der Waals surface area contributed by atoms with E-state index in [9.17, 15) is 10.2 Å². The Morgan fingerprint density at radius 3 is 1.62 bits per heavy atom. The lowest BCUT2D eigenvalue weighted by Gasteiger charge is -2.27. The summed E-state index contributed by atoms with van der Waals surface area (Å²) in [5.74, 6) is 0.719. The van der Waals surface area contributed by atoms with Crippen LogP contribution in [0.15, 0.2) is 48.5 Å². The number of rotatable bonds is 8. The summed E-state index contributed by atoms with van der Waals surface area (Å²) in [6, 6.07) is 16.1. The summed E-state index contributed by atoms with van der Waals surface area (Å²) in [5, 5.41) is 20.2. The number of hydrogen-bond donors (Lipinski definition) is 2. The predicted octanol–water partition coefficient (Wildman–Crippen LogP) is 4.79. The van der Waals surface area contributed by atoms with E-state index in [1.165, 1.54) is 5.56 Å². The highest BCUT2D eigenvalue weighted by molar-refractivity contribution is 5.41. The molecule has 2 rings (SSSR count). The molecule has 0 saturated carbocycles. The topological polar surface area (TPSA) is 58.9 Å². The maximum atomic E-state index is 10.2. The van der Waals surface area contributed by atoms with Crippen molar-refractivity contribution in [2.45, 2.75) is 71.2 Å². The standard InChI is InChI=1S/C25H36O4/c1-23(2,3)29-17-21(26)16-28-22-14-12-19(13-15-22)24(4,5)18-8-10-20(11-9-18)25(6,7)27/h8-15,21,26-27H,16-17H2,1-7H3. The van der Waals surface area contributed by atoms with Crippen LogP contribution in [0.4, 0.5) is 0 Å². The molecule has 0 aliphatic heterocycles. The van der Waals surface area contributed by atoms with Crippen molar-refractivity contribution in [1.29, 1.82) is 0 Å². The van der Waals surface area contributed by atoms with Crippen LogP contribution in [-0.4, -0.2) is 35.1 Å². The van der Waals surface area contributed by atoms with E-state index in [2.05, 4.69) is 38.1 Å². The Bertz CT molecular complexity index is 762. The van der Waals surface area contributed by atoms with Gasteiger partial charge in [-0.2, -0.15) is 0 Å². The minimum absolute atomic E-state index is 0.184. The maximum Gasteiger partial charge on any atom is 0.119 e. The van der Waals surface area contributed by atoms with E-state index in [-0.39, 0.29) is 24.2 Å². The fraction of sp³-hybridized carbons (Fsp3) is 0.520. The highest BCUT2D eigenvalue weighted by Crippen LogP contribution is 2.33. The van der Waals surface area contributed by atoms with E-state index < -0.39 is 11.7 Å². The van der Waals surface area contributed by atoms with Crippen LogP contribution in [0.3, 0.4) is 0 Å². The van der Waals surface area contributed by atoms with Gasteiger partial charge in [0.05, 0.1) is 17.8 Å². The van der Waals surface area contributed by atoms with E-state index in [0.29, 0.717) is 0 Å². The Balaban J connectivity index is 2.01. The molecule has 2 N–H and O–H groups in total. The molecule has 0 bridgehead atoms. The molecule has 0 fully saturated rings. The van der Waals surface area contributed by atoms with Crippen LogP contribution >= 0.6 is 0 Å². The van der Waals surface area contributed by atoms with Crippen LogP contribution in [0.2, 0.25) is 0 Å². The van der Waals surface area contributed by atoms with Gasteiger partial charge in [-0.05, 0) is 63.4 Å². The van der Waals surface area contributed by atoms with Crippen LogP contribution in [0.25, 0.3) is 0 Å². The maximum absolute atomic E-state index is 10.2. The molecule has 0 amide bonds. The molecule has 0 spiro atoms. The zero-order chi connectivity index (χ0) is 21.9. The minimum Gasteiger partial charge on any atom is -0.491 e. The van der Waals surface area contributed by atoms with Gasteiger partial charge in [-0.3, -0.25) is 0 Å². The van der Waals surface area contributed by atoms with Crippen LogP contribution in [0, 0.1) is 0 Å². The fourth-order valence-electron chi connectivity index (χ4n) is 3.02. The number of aliphatic hydroxyl groups excluding tert-OH is 1. The second-order valence-electron chi connectivity index (χ2n) is 9.67. The number of aliphatic hydroxyl groups is 2. The monoisotopic (exact) mass is 400 g/mol. The number of benzene rings is 2. The molecule has 2 aromatic rings. The van der Waals surface area contributed by atoms with E-state index >= 15 is 0 Å². The van der Waals surface area contributed by atoms with Crippen LogP contribution in [0.5, 0.6) is 5.75 Å². The molecule has 4 heteroatoms. The van der Waals surface area contributed by atoms with Gasteiger partial charge in [0.2, 0.25) is 0 Å². The predicted molar refractivity (Wildman–Crippen MR) is 117 cm³/mol. The van der Waals surface area contributed by atoms with E-state index in [1.807, 2.05) is 45.0 Å². The first-order valence-corrected chi connectivity index (χ1v) is 10.2. The quantitative estimate of drug-likeness (QED) is 0.669. The summed E-state index contributed by atoms with van der Waals surface area (Å²) in [4.78, 5) is 0. The van der Waals surface area contributed by atoms with Crippen molar-refractivity contribution in [1.82, 2.24) is 0 Å². The highest BCUT2D eigenvalue weighted by Gasteiger charge is 2.24. The lowest BCUT2D eigenvalue weighted by Crippen LogP contribution is -2.29. The molecule has 0 radical (unpaired) electrons. The second-order valence-corrected chi connectivity index (χ2v) is 9.67. The molecule has 1 unspecified atom stereocenters. The van der Waals surface area contributed by atoms with Crippen molar-refractivity contribution in [2.75, 3.05) is 13.2 Å². The molecule has 0 heterocycles. The summed E-state index contributed by atoms with van der Waals surface area (Å²) in [6.45, 7) is 14.2. The average Bonchev–Trinajstić information content (AvgIpc) is 2.64. The summed E-state index contributed by atoms with van der Waals surface area (Å²) >= 11 is 0. The molecule has 0 aliphatic rings. The zero-order valence-corrected chi connectivity index (χ0v) is 18.8. The van der Waals surface area contributed by atoms with Crippen LogP contribution in [-0.2, 0) is 15.8 Å². The Hall–Kier alpha value is -1.88. The van der Waals surface area contributed by atoms with Crippen molar-refractivity contribution >= 4 is 0 Å². The van der Waals surface area contributed by atoms with Crippen LogP contribution < -0.4 is 4.74 Å². The van der Waals surface area contributed by atoms with Crippen molar-refractivity contribution in [2.24, 2.45) is 0 Å². The van der Waals surface area contributed by atoms with Gasteiger partial charge in [-0.25, -0.2) is 0 Å². The summed E-state index contributed by atoms with van der Waals surface area (Å²) in [7, 11) is 0. The molecule has 4 nitrogen and oxygen atoms in total. The lowest BCUT2D eigenvalue weighted by molar-refractivity contribution is -0.0586. The van der Waals surface area contributed by atoms with Crippen molar-refractivity contribution in [3.8, 4) is 5.75 Å². The first-order chi connectivity index (χ1) is 13.3. The Labute approximate surface area is 175 Å². The molecule has 29 heavy (non-hydrogen) atoms. The summed E-state index contributed by atoms with van der Waals surface area (Å²) in [6.07, 6.45) is -0.667. The molecule has 2 aromatic carbocycles. The minimum atomic E-state index is -0.843. The van der Waals surface area contributed by atoms with Gasteiger partial charge < -0.3 is 19.7 Å². The average molecular weight is 401 g/mol. The molecule has 0 aliphatic carbocycles. The summed E-state index contributed by atoms with van der Waals surface area (Å²) < 4.78 is 11.3. The molecular weight excluding hydrogens is 364 g/mol. The number of hydrogen-bond acceptors (Lipinski definition) is 4. The fourth-order valence-corrected chi connectivity index (χ4v) is 3.02. The van der Waals surface area contributed by atoms with E-state index in [0.717, 1.165) is 16.9 Å². The number of ether oxygens (including phenoxy) is 2. The third-order valence-corrected chi connectivity index (χ3v) is 5.04. The molecule has 0 aromatic heterocycles. The van der Waals surface area contributed by atoms with Gasteiger partial charge in [-0.15, -0.1) is 0 Å². The van der Waals surface area contributed by atoms with Gasteiger partial charge in [0, 0.05) is 5.41 Å². The third kappa shape index (κ3) is 6.84. The van der Waals surface area contributed by atoms with Crippen molar-refractivity contribution < 1.29 is 19.7 Å². The van der Waals surface area contributed by atoms with Gasteiger partial charge in [0.1, 0.15) is 18.5 Å². The van der Waals surface area contributed by atoms with Gasteiger partial charge >= 0.3 is 0 Å². The zero-order valence-electron chi connectivity index (χ0n) is 18.8. The summed E-state index contributed by atoms with van der Waals surface area (Å²) in [5.41, 5.74) is 1.93. The first kappa shape index (κ1) is 23.4.